The zero-order chi connectivity index (χ0) is 14.8. The molecule has 3 N–H and O–H groups in total. The third-order valence-electron chi connectivity index (χ3n) is 3.59. The summed E-state index contributed by atoms with van der Waals surface area (Å²) in [6.07, 6.45) is 1.86. The largest absolute Gasteiger partial charge is 0.481 e. The molecule has 0 heterocycles. The van der Waals surface area contributed by atoms with E-state index in [2.05, 4.69) is 10.0 Å². The summed E-state index contributed by atoms with van der Waals surface area (Å²) in [5.41, 5.74) is 0.512. The number of nitrogens with one attached hydrogen (secondary N) is 2. The minimum absolute atomic E-state index is 0.00990. The molecule has 0 aromatic heterocycles. The van der Waals surface area contributed by atoms with Crippen LogP contribution < -0.4 is 10.0 Å². The SMILES string of the molecule is CNS(=O)(=O)c1ccccc1NC1CCC(C(=O)O)C1. The van der Waals surface area contributed by atoms with Gasteiger partial charge in [-0.25, -0.2) is 13.1 Å². The molecule has 2 rings (SSSR count). The Morgan fingerprint density at radius 1 is 1.30 bits per heavy atom. The van der Waals surface area contributed by atoms with E-state index in [0.717, 1.165) is 6.42 Å². The molecule has 0 spiro atoms. The van der Waals surface area contributed by atoms with Crippen molar-refractivity contribution in [3.05, 3.63) is 24.3 Å². The van der Waals surface area contributed by atoms with Crippen LogP contribution in [0.25, 0.3) is 0 Å². The molecule has 0 bridgehead atoms. The van der Waals surface area contributed by atoms with Crippen LogP contribution in [0.3, 0.4) is 0 Å². The Bertz CT molecular complexity index is 600. The van der Waals surface area contributed by atoms with Crippen molar-refractivity contribution in [1.82, 2.24) is 4.72 Å². The molecule has 1 saturated carbocycles. The smallest absolute Gasteiger partial charge is 0.306 e. The molecule has 7 heteroatoms. The molecular formula is C13H18N2O4S. The van der Waals surface area contributed by atoms with Gasteiger partial charge in [-0.1, -0.05) is 12.1 Å². The maximum Gasteiger partial charge on any atom is 0.306 e. The first-order valence-corrected chi connectivity index (χ1v) is 7.94. The second-order valence-electron chi connectivity index (χ2n) is 4.89. The standard InChI is InChI=1S/C13H18N2O4S/c1-14-20(18,19)12-5-3-2-4-11(12)15-10-7-6-9(8-10)13(16)17/h2-5,9-10,14-15H,6-8H2,1H3,(H,16,17). The summed E-state index contributed by atoms with van der Waals surface area (Å²) in [5, 5.41) is 12.1. The van der Waals surface area contributed by atoms with Crippen LogP contribution in [0.5, 0.6) is 0 Å². The number of anilines is 1. The maximum absolute atomic E-state index is 11.9. The van der Waals surface area contributed by atoms with Gasteiger partial charge in [0.2, 0.25) is 10.0 Å². The van der Waals surface area contributed by atoms with E-state index in [4.69, 9.17) is 5.11 Å². The lowest BCUT2D eigenvalue weighted by Gasteiger charge is -2.17. The van der Waals surface area contributed by atoms with Gasteiger partial charge in [-0.2, -0.15) is 0 Å². The first-order valence-electron chi connectivity index (χ1n) is 6.46. The Kier molecular flexibility index (Phi) is 4.29. The van der Waals surface area contributed by atoms with Gasteiger partial charge < -0.3 is 10.4 Å². The van der Waals surface area contributed by atoms with E-state index in [1.165, 1.54) is 13.1 Å². The van der Waals surface area contributed by atoms with Crippen LogP contribution in [0.1, 0.15) is 19.3 Å². The summed E-state index contributed by atoms with van der Waals surface area (Å²) in [6.45, 7) is 0. The Morgan fingerprint density at radius 3 is 2.60 bits per heavy atom. The predicted octanol–water partition coefficient (Wildman–Crippen LogP) is 1.26. The molecule has 1 aromatic rings. The van der Waals surface area contributed by atoms with Gasteiger partial charge in [-0.05, 0) is 38.4 Å². The normalized spacial score (nSPS) is 22.6. The molecule has 20 heavy (non-hydrogen) atoms. The number of benzene rings is 1. The Balaban J connectivity index is 2.17. The second kappa shape index (κ2) is 5.80. The van der Waals surface area contributed by atoms with Crippen molar-refractivity contribution in [2.75, 3.05) is 12.4 Å². The lowest BCUT2D eigenvalue weighted by atomic mass is 10.1. The van der Waals surface area contributed by atoms with Gasteiger partial charge in [-0.15, -0.1) is 0 Å². The average molecular weight is 298 g/mol. The quantitative estimate of drug-likeness (QED) is 0.760. The molecule has 110 valence electrons. The monoisotopic (exact) mass is 298 g/mol. The Morgan fingerprint density at radius 2 is 2.00 bits per heavy atom. The molecule has 0 radical (unpaired) electrons. The number of hydrogen-bond acceptors (Lipinski definition) is 4. The van der Waals surface area contributed by atoms with Gasteiger partial charge in [0.05, 0.1) is 11.6 Å². The summed E-state index contributed by atoms with van der Waals surface area (Å²) < 4.78 is 26.1. The lowest BCUT2D eigenvalue weighted by molar-refractivity contribution is -0.141. The second-order valence-corrected chi connectivity index (χ2v) is 6.75. The summed E-state index contributed by atoms with van der Waals surface area (Å²) in [6, 6.07) is 6.62. The maximum atomic E-state index is 11.9. The van der Waals surface area contributed by atoms with Crippen LogP contribution in [0.2, 0.25) is 0 Å². The molecule has 2 unspecified atom stereocenters. The Hall–Kier alpha value is -1.60. The van der Waals surface area contributed by atoms with Crippen LogP contribution in [0.15, 0.2) is 29.2 Å². The molecular weight excluding hydrogens is 280 g/mol. The first kappa shape index (κ1) is 14.8. The number of carbonyl (C=O) groups is 1. The number of aliphatic carboxylic acids is 1. The number of sulfonamides is 1. The highest BCUT2D eigenvalue weighted by Gasteiger charge is 2.30. The van der Waals surface area contributed by atoms with Crippen molar-refractivity contribution in [3.63, 3.8) is 0 Å². The van der Waals surface area contributed by atoms with Gasteiger partial charge >= 0.3 is 5.97 Å². The van der Waals surface area contributed by atoms with Gasteiger partial charge in [0.25, 0.3) is 0 Å². The summed E-state index contributed by atoms with van der Waals surface area (Å²) >= 11 is 0. The van der Waals surface area contributed by atoms with E-state index >= 15 is 0 Å². The molecule has 1 aliphatic rings. The van der Waals surface area contributed by atoms with E-state index in [9.17, 15) is 13.2 Å². The number of rotatable bonds is 5. The zero-order valence-electron chi connectivity index (χ0n) is 11.2. The molecule has 1 aliphatic carbocycles. The fraction of sp³-hybridized carbons (Fsp3) is 0.462. The van der Waals surface area contributed by atoms with E-state index in [0.29, 0.717) is 18.5 Å². The third-order valence-corrected chi connectivity index (χ3v) is 5.06. The minimum Gasteiger partial charge on any atom is -0.481 e. The van der Waals surface area contributed by atoms with Crippen LogP contribution in [0.4, 0.5) is 5.69 Å². The van der Waals surface area contributed by atoms with E-state index in [-0.39, 0.29) is 16.9 Å². The molecule has 6 nitrogen and oxygen atoms in total. The van der Waals surface area contributed by atoms with Crippen LogP contribution in [-0.2, 0) is 14.8 Å². The highest BCUT2D eigenvalue weighted by Crippen LogP contribution is 2.30. The van der Waals surface area contributed by atoms with E-state index < -0.39 is 16.0 Å². The van der Waals surface area contributed by atoms with Gasteiger partial charge in [0.1, 0.15) is 4.90 Å². The average Bonchev–Trinajstić information content (AvgIpc) is 2.88. The number of carboxylic acids is 1. The Labute approximate surface area is 118 Å². The highest BCUT2D eigenvalue weighted by atomic mass is 32.2. The fourth-order valence-electron chi connectivity index (χ4n) is 2.49. The lowest BCUT2D eigenvalue weighted by Crippen LogP contribution is -2.23. The van der Waals surface area contributed by atoms with Crippen molar-refractivity contribution < 1.29 is 18.3 Å². The summed E-state index contributed by atoms with van der Waals surface area (Å²) in [7, 11) is -2.17. The van der Waals surface area contributed by atoms with Crippen molar-refractivity contribution in [2.24, 2.45) is 5.92 Å². The number of carboxylic acid groups (broad SMARTS) is 1. The van der Waals surface area contributed by atoms with Crippen molar-refractivity contribution in [3.8, 4) is 0 Å². The minimum atomic E-state index is -3.53. The summed E-state index contributed by atoms with van der Waals surface area (Å²) in [4.78, 5) is 11.1. The van der Waals surface area contributed by atoms with E-state index in [1.54, 1.807) is 18.2 Å². The molecule has 0 aliphatic heterocycles. The topological polar surface area (TPSA) is 95.5 Å². The number of hydrogen-bond donors (Lipinski definition) is 3. The van der Waals surface area contributed by atoms with Crippen molar-refractivity contribution in [1.29, 1.82) is 0 Å². The van der Waals surface area contributed by atoms with Crippen LogP contribution in [-0.4, -0.2) is 32.6 Å². The highest BCUT2D eigenvalue weighted by molar-refractivity contribution is 7.89. The van der Waals surface area contributed by atoms with Crippen molar-refractivity contribution in [2.45, 2.75) is 30.2 Å². The van der Waals surface area contributed by atoms with Gasteiger partial charge in [-0.3, -0.25) is 4.79 Å². The molecule has 2 atom stereocenters. The van der Waals surface area contributed by atoms with Gasteiger partial charge in [0, 0.05) is 6.04 Å². The van der Waals surface area contributed by atoms with Gasteiger partial charge in [0.15, 0.2) is 0 Å². The molecule has 1 aromatic carbocycles. The van der Waals surface area contributed by atoms with Crippen LogP contribution in [0, 0.1) is 5.92 Å². The predicted molar refractivity (Wildman–Crippen MR) is 75.1 cm³/mol. The van der Waals surface area contributed by atoms with Crippen molar-refractivity contribution >= 4 is 21.7 Å². The number of para-hydroxylation sites is 1. The van der Waals surface area contributed by atoms with E-state index in [1.807, 2.05) is 0 Å². The van der Waals surface area contributed by atoms with Crippen LogP contribution >= 0.6 is 0 Å². The summed E-state index contributed by atoms with van der Waals surface area (Å²) in [5.74, 6) is -1.13. The molecule has 1 fully saturated rings. The molecule has 0 amide bonds. The molecule has 0 saturated heterocycles. The zero-order valence-corrected chi connectivity index (χ0v) is 12.0. The fourth-order valence-corrected chi connectivity index (χ4v) is 3.38. The third kappa shape index (κ3) is 3.10. The first-order chi connectivity index (χ1) is 9.44.